The lowest BCUT2D eigenvalue weighted by Crippen LogP contribution is -2.63. The lowest BCUT2D eigenvalue weighted by molar-refractivity contribution is -0.149. The van der Waals surface area contributed by atoms with E-state index in [0.717, 1.165) is 26.3 Å². The summed E-state index contributed by atoms with van der Waals surface area (Å²) in [7, 11) is 1.70. The molecule has 7 heteroatoms. The number of carbonyl (C=O) groups excluding carboxylic acids is 2. The minimum Gasteiger partial charge on any atom is -0.454 e. The second-order valence-corrected chi connectivity index (χ2v) is 6.90. The van der Waals surface area contributed by atoms with Crippen molar-refractivity contribution in [1.82, 2.24) is 9.80 Å². The summed E-state index contributed by atoms with van der Waals surface area (Å²) < 4.78 is 15.8. The quantitative estimate of drug-likeness (QED) is 0.734. The van der Waals surface area contributed by atoms with Gasteiger partial charge in [0.1, 0.15) is 0 Å². The van der Waals surface area contributed by atoms with Gasteiger partial charge in [-0.25, -0.2) is 0 Å². The van der Waals surface area contributed by atoms with Crippen LogP contribution in [0.25, 0.3) is 0 Å². The normalized spacial score (nSPS) is 21.4. The molecule has 0 spiro atoms. The Bertz CT molecular complexity index is 697. The third-order valence-corrected chi connectivity index (χ3v) is 5.36. The molecule has 2 saturated heterocycles. The molecular formula is C18H22N2O5. The number of likely N-dealkylation sites (N-methyl/N-ethyl adjacent to an activating group) is 1. The van der Waals surface area contributed by atoms with Gasteiger partial charge in [0.25, 0.3) is 0 Å². The van der Waals surface area contributed by atoms with Crippen molar-refractivity contribution in [1.29, 1.82) is 0 Å². The van der Waals surface area contributed by atoms with Crippen LogP contribution in [0.4, 0.5) is 0 Å². The molecular weight excluding hydrogens is 324 g/mol. The molecule has 1 atom stereocenters. The molecule has 3 aliphatic heterocycles. The standard InChI is InChI=1S/C18H22N2O5/c1-11(17(21)12-3-4-15-16(5-12)25-10-24-15)19(2)18(22)13-6-20(7-13)14-8-23-9-14/h3-5,11,13-14H,6-10H2,1-2H3/t11-/m0/s1. The number of hydrogen-bond donors (Lipinski definition) is 0. The first kappa shape index (κ1) is 16.4. The largest absolute Gasteiger partial charge is 0.454 e. The highest BCUT2D eigenvalue weighted by Gasteiger charge is 2.41. The van der Waals surface area contributed by atoms with Crippen molar-refractivity contribution in [3.8, 4) is 11.5 Å². The van der Waals surface area contributed by atoms with Crippen molar-refractivity contribution < 1.29 is 23.8 Å². The minimum atomic E-state index is -0.519. The Balaban J connectivity index is 1.37. The number of Topliss-reactive ketones (excluding diaryl/α,β-unsaturated/α-hetero) is 1. The van der Waals surface area contributed by atoms with Crippen LogP contribution < -0.4 is 9.47 Å². The molecule has 0 aromatic heterocycles. The van der Waals surface area contributed by atoms with E-state index in [0.29, 0.717) is 23.1 Å². The van der Waals surface area contributed by atoms with Gasteiger partial charge in [-0.3, -0.25) is 14.5 Å². The Morgan fingerprint density at radius 3 is 2.60 bits per heavy atom. The van der Waals surface area contributed by atoms with Gasteiger partial charge in [0.2, 0.25) is 12.7 Å². The molecule has 0 N–H and O–H groups in total. The third-order valence-electron chi connectivity index (χ3n) is 5.36. The summed E-state index contributed by atoms with van der Waals surface area (Å²) in [5, 5.41) is 0. The number of likely N-dealkylation sites (tertiary alicyclic amines) is 1. The van der Waals surface area contributed by atoms with Crippen LogP contribution in [-0.4, -0.2) is 73.7 Å². The number of carbonyl (C=O) groups is 2. The first-order chi connectivity index (χ1) is 12.0. The topological polar surface area (TPSA) is 68.3 Å². The van der Waals surface area contributed by atoms with Gasteiger partial charge in [-0.2, -0.15) is 0 Å². The molecule has 1 amide bonds. The van der Waals surface area contributed by atoms with E-state index in [1.165, 1.54) is 0 Å². The lowest BCUT2D eigenvalue weighted by Gasteiger charge is -2.47. The third kappa shape index (κ3) is 2.87. The number of amides is 1. The van der Waals surface area contributed by atoms with Gasteiger partial charge in [-0.15, -0.1) is 0 Å². The first-order valence-corrected chi connectivity index (χ1v) is 8.57. The summed E-state index contributed by atoms with van der Waals surface area (Å²) in [4.78, 5) is 29.2. The van der Waals surface area contributed by atoms with Crippen molar-refractivity contribution in [3.63, 3.8) is 0 Å². The number of ketones is 1. The van der Waals surface area contributed by atoms with Crippen molar-refractivity contribution in [2.75, 3.05) is 40.1 Å². The highest BCUT2D eigenvalue weighted by molar-refractivity contribution is 6.02. The van der Waals surface area contributed by atoms with E-state index in [1.807, 2.05) is 0 Å². The number of rotatable bonds is 5. The van der Waals surface area contributed by atoms with Crippen molar-refractivity contribution in [3.05, 3.63) is 23.8 Å². The number of nitrogens with zero attached hydrogens (tertiary/aromatic N) is 2. The molecule has 25 heavy (non-hydrogen) atoms. The maximum Gasteiger partial charge on any atom is 0.231 e. The number of fused-ring (bicyclic) bond motifs is 1. The minimum absolute atomic E-state index is 0.0260. The van der Waals surface area contributed by atoms with Crippen LogP contribution >= 0.6 is 0 Å². The molecule has 134 valence electrons. The molecule has 2 fully saturated rings. The first-order valence-electron chi connectivity index (χ1n) is 8.57. The Hall–Kier alpha value is -2.12. The Morgan fingerprint density at radius 1 is 1.20 bits per heavy atom. The maximum absolute atomic E-state index is 12.7. The molecule has 0 radical (unpaired) electrons. The zero-order valence-electron chi connectivity index (χ0n) is 14.4. The summed E-state index contributed by atoms with van der Waals surface area (Å²) >= 11 is 0. The molecule has 7 nitrogen and oxygen atoms in total. The van der Waals surface area contributed by atoms with Crippen LogP contribution in [0.15, 0.2) is 18.2 Å². The average Bonchev–Trinajstić information content (AvgIpc) is 3.00. The SMILES string of the molecule is C[C@@H](C(=O)c1ccc2c(c1)OCO2)N(C)C(=O)C1CN(C2COC2)C1. The van der Waals surface area contributed by atoms with Gasteiger partial charge in [0.05, 0.1) is 31.2 Å². The highest BCUT2D eigenvalue weighted by Crippen LogP contribution is 2.33. The monoisotopic (exact) mass is 346 g/mol. The molecule has 1 aromatic rings. The smallest absolute Gasteiger partial charge is 0.231 e. The van der Waals surface area contributed by atoms with Gasteiger partial charge in [-0.1, -0.05) is 0 Å². The second kappa shape index (κ2) is 6.31. The van der Waals surface area contributed by atoms with Crippen LogP contribution in [0, 0.1) is 5.92 Å². The van der Waals surface area contributed by atoms with Crippen LogP contribution in [0.5, 0.6) is 11.5 Å². The second-order valence-electron chi connectivity index (χ2n) is 6.90. The van der Waals surface area contributed by atoms with Crippen LogP contribution in [-0.2, 0) is 9.53 Å². The fraction of sp³-hybridized carbons (Fsp3) is 0.556. The number of hydrogen-bond acceptors (Lipinski definition) is 6. The Kier molecular flexibility index (Phi) is 4.13. The van der Waals surface area contributed by atoms with E-state index < -0.39 is 6.04 Å². The lowest BCUT2D eigenvalue weighted by atomic mass is 9.94. The highest BCUT2D eigenvalue weighted by atomic mass is 16.7. The zero-order valence-corrected chi connectivity index (χ0v) is 14.4. The van der Waals surface area contributed by atoms with Crippen molar-refractivity contribution in [2.24, 2.45) is 5.92 Å². The Morgan fingerprint density at radius 2 is 1.92 bits per heavy atom. The van der Waals surface area contributed by atoms with Crippen LogP contribution in [0.1, 0.15) is 17.3 Å². The summed E-state index contributed by atoms with van der Waals surface area (Å²) in [5.41, 5.74) is 0.526. The molecule has 4 rings (SSSR count). The molecule has 0 saturated carbocycles. The van der Waals surface area contributed by atoms with Crippen LogP contribution in [0.2, 0.25) is 0 Å². The average molecular weight is 346 g/mol. The van der Waals surface area contributed by atoms with Gasteiger partial charge >= 0.3 is 0 Å². The van der Waals surface area contributed by atoms with E-state index in [4.69, 9.17) is 14.2 Å². The van der Waals surface area contributed by atoms with Gasteiger partial charge in [0, 0.05) is 25.7 Å². The molecule has 0 bridgehead atoms. The predicted molar refractivity (Wildman–Crippen MR) is 88.8 cm³/mol. The summed E-state index contributed by atoms with van der Waals surface area (Å²) in [6.07, 6.45) is 0. The van der Waals surface area contributed by atoms with E-state index in [9.17, 15) is 9.59 Å². The fourth-order valence-corrected chi connectivity index (χ4v) is 3.35. The van der Waals surface area contributed by atoms with E-state index in [2.05, 4.69) is 4.90 Å². The molecule has 3 aliphatic rings. The van der Waals surface area contributed by atoms with Gasteiger partial charge < -0.3 is 19.1 Å². The van der Waals surface area contributed by atoms with Crippen LogP contribution in [0.3, 0.4) is 0 Å². The summed E-state index contributed by atoms with van der Waals surface area (Å²) in [5.74, 6) is 1.11. The van der Waals surface area contributed by atoms with E-state index in [1.54, 1.807) is 37.1 Å². The molecule has 3 heterocycles. The summed E-state index contributed by atoms with van der Waals surface area (Å²) in [6.45, 7) is 4.96. The predicted octanol–water partition coefficient (Wildman–Crippen LogP) is 0.775. The molecule has 1 aromatic carbocycles. The van der Waals surface area contributed by atoms with Crippen molar-refractivity contribution in [2.45, 2.75) is 19.0 Å². The zero-order chi connectivity index (χ0) is 17.6. The maximum atomic E-state index is 12.7. The summed E-state index contributed by atoms with van der Waals surface area (Å²) in [6, 6.07) is 5.07. The van der Waals surface area contributed by atoms with E-state index >= 15 is 0 Å². The Labute approximate surface area is 146 Å². The van der Waals surface area contributed by atoms with E-state index in [-0.39, 0.29) is 24.4 Å². The molecule has 0 aliphatic carbocycles. The van der Waals surface area contributed by atoms with Gasteiger partial charge in [0.15, 0.2) is 17.3 Å². The number of ether oxygens (including phenoxy) is 3. The van der Waals surface area contributed by atoms with Gasteiger partial charge in [-0.05, 0) is 25.1 Å². The van der Waals surface area contributed by atoms with Crippen molar-refractivity contribution >= 4 is 11.7 Å². The fourth-order valence-electron chi connectivity index (χ4n) is 3.35. The molecule has 0 unspecified atom stereocenters. The number of benzene rings is 1.